The Morgan fingerprint density at radius 3 is 2.41 bits per heavy atom. The molecule has 1 aromatic carbocycles. The highest BCUT2D eigenvalue weighted by Gasteiger charge is 2.31. The van der Waals surface area contributed by atoms with Gasteiger partial charge in [0.25, 0.3) is 0 Å². The molecule has 0 unspecified atom stereocenters. The average molecular weight is 322 g/mol. The maximum atomic E-state index is 12.4. The first-order valence-corrected chi connectivity index (χ1v) is 8.62. The Balaban J connectivity index is 1.99. The molecule has 7 heteroatoms. The summed E-state index contributed by atoms with van der Waals surface area (Å²) in [6.45, 7) is 0.663. The minimum absolute atomic E-state index is 0.0956. The predicted molar refractivity (Wildman–Crippen MR) is 80.1 cm³/mol. The topological polar surface area (TPSA) is 87.5 Å². The van der Waals surface area contributed by atoms with E-state index in [1.807, 2.05) is 6.07 Å². The predicted octanol–water partition coefficient (Wildman–Crippen LogP) is 1.27. The molecule has 6 nitrogen and oxygen atoms in total. The van der Waals surface area contributed by atoms with E-state index in [0.717, 1.165) is 0 Å². The summed E-state index contributed by atoms with van der Waals surface area (Å²) in [6, 6.07) is 8.51. The summed E-state index contributed by atoms with van der Waals surface area (Å²) < 4.78 is 30.9. The fraction of sp³-hybridized carbons (Fsp3) is 0.467. The normalized spacial score (nSPS) is 16.9. The first-order valence-electron chi connectivity index (χ1n) is 7.01. The number of carbonyl (C=O) groups excluding carboxylic acids is 1. The van der Waals surface area contributed by atoms with Gasteiger partial charge in [0, 0.05) is 13.1 Å². The number of hydrogen-bond donors (Lipinski definition) is 0. The van der Waals surface area contributed by atoms with Gasteiger partial charge in [0.05, 0.1) is 30.4 Å². The highest BCUT2D eigenvalue weighted by Crippen LogP contribution is 2.22. The third-order valence-electron chi connectivity index (χ3n) is 3.81. The van der Waals surface area contributed by atoms with Crippen LogP contribution in [0.15, 0.2) is 24.3 Å². The fourth-order valence-electron chi connectivity index (χ4n) is 2.51. The van der Waals surface area contributed by atoms with Crippen LogP contribution >= 0.6 is 0 Å². The molecule has 1 saturated heterocycles. The molecule has 22 heavy (non-hydrogen) atoms. The third-order valence-corrected chi connectivity index (χ3v) is 5.66. The minimum Gasteiger partial charge on any atom is -0.469 e. The lowest BCUT2D eigenvalue weighted by Crippen LogP contribution is -2.41. The second kappa shape index (κ2) is 6.90. The number of carbonyl (C=O) groups is 1. The Labute approximate surface area is 130 Å². The summed E-state index contributed by atoms with van der Waals surface area (Å²) in [4.78, 5) is 11.5. The Hall–Kier alpha value is -1.91. The van der Waals surface area contributed by atoms with Gasteiger partial charge >= 0.3 is 5.97 Å². The number of sulfonamides is 1. The van der Waals surface area contributed by atoms with Crippen LogP contribution in [0.2, 0.25) is 0 Å². The zero-order chi connectivity index (χ0) is 16.2. The molecule has 1 aromatic rings. The molecule has 0 amide bonds. The van der Waals surface area contributed by atoms with Gasteiger partial charge in [-0.05, 0) is 30.5 Å². The van der Waals surface area contributed by atoms with Crippen molar-refractivity contribution in [3.63, 3.8) is 0 Å². The molecule has 0 bridgehead atoms. The maximum Gasteiger partial charge on any atom is 0.308 e. The number of ether oxygens (including phenoxy) is 1. The van der Waals surface area contributed by atoms with Gasteiger partial charge < -0.3 is 4.74 Å². The number of nitriles is 1. The summed E-state index contributed by atoms with van der Waals surface area (Å²) in [6.07, 6.45) is 0.971. The molecular formula is C15H18N2O4S. The second-order valence-corrected chi connectivity index (χ2v) is 7.23. The number of benzene rings is 1. The first-order chi connectivity index (χ1) is 10.5. The molecule has 0 aliphatic carbocycles. The number of methoxy groups -OCH3 is 1. The molecule has 1 fully saturated rings. The fourth-order valence-corrected chi connectivity index (χ4v) is 4.08. The largest absolute Gasteiger partial charge is 0.469 e. The van der Waals surface area contributed by atoms with E-state index in [9.17, 15) is 13.2 Å². The van der Waals surface area contributed by atoms with E-state index in [1.54, 1.807) is 24.3 Å². The van der Waals surface area contributed by atoms with E-state index in [4.69, 9.17) is 10.00 Å². The Morgan fingerprint density at radius 1 is 1.32 bits per heavy atom. The molecule has 0 N–H and O–H groups in total. The molecule has 0 aromatic heterocycles. The lowest BCUT2D eigenvalue weighted by molar-refractivity contribution is -0.146. The molecule has 1 aliphatic heterocycles. The second-order valence-electron chi connectivity index (χ2n) is 5.26. The van der Waals surface area contributed by atoms with Crippen LogP contribution in [0.3, 0.4) is 0 Å². The van der Waals surface area contributed by atoms with E-state index in [1.165, 1.54) is 11.4 Å². The van der Waals surface area contributed by atoms with Crippen LogP contribution in [0.1, 0.15) is 24.0 Å². The number of piperidine rings is 1. The van der Waals surface area contributed by atoms with Gasteiger partial charge in [-0.25, -0.2) is 12.7 Å². The van der Waals surface area contributed by atoms with Crippen molar-refractivity contribution in [1.82, 2.24) is 4.31 Å². The Kier molecular flexibility index (Phi) is 5.16. The van der Waals surface area contributed by atoms with Crippen molar-refractivity contribution in [2.45, 2.75) is 18.6 Å². The number of hydrogen-bond acceptors (Lipinski definition) is 5. The SMILES string of the molecule is COC(=O)C1CCN(S(=O)(=O)Cc2ccc(C#N)cc2)CC1. The molecular weight excluding hydrogens is 304 g/mol. The summed E-state index contributed by atoms with van der Waals surface area (Å²) in [5, 5.41) is 8.74. The van der Waals surface area contributed by atoms with Crippen LogP contribution in [0.4, 0.5) is 0 Å². The molecule has 1 heterocycles. The minimum atomic E-state index is -3.41. The van der Waals surface area contributed by atoms with E-state index in [2.05, 4.69) is 0 Å². The van der Waals surface area contributed by atoms with Gasteiger partial charge in [-0.15, -0.1) is 0 Å². The van der Waals surface area contributed by atoms with Crippen LogP contribution in [-0.4, -0.2) is 38.9 Å². The maximum absolute atomic E-state index is 12.4. The van der Waals surface area contributed by atoms with E-state index >= 15 is 0 Å². The zero-order valence-corrected chi connectivity index (χ0v) is 13.2. The number of nitrogens with zero attached hydrogens (tertiary/aromatic N) is 2. The van der Waals surface area contributed by atoms with Crippen molar-refractivity contribution in [1.29, 1.82) is 5.26 Å². The molecule has 0 atom stereocenters. The highest BCUT2D eigenvalue weighted by molar-refractivity contribution is 7.88. The quantitative estimate of drug-likeness (QED) is 0.779. The number of rotatable bonds is 4. The summed E-state index contributed by atoms with van der Waals surface area (Å²) >= 11 is 0. The number of esters is 1. The van der Waals surface area contributed by atoms with Gasteiger partial charge in [-0.3, -0.25) is 4.79 Å². The lowest BCUT2D eigenvalue weighted by Gasteiger charge is -2.29. The Bertz CT molecular complexity index is 668. The third kappa shape index (κ3) is 3.84. The molecule has 118 valence electrons. The van der Waals surface area contributed by atoms with Gasteiger partial charge in [0.2, 0.25) is 10.0 Å². The van der Waals surface area contributed by atoms with E-state index in [-0.39, 0.29) is 17.6 Å². The van der Waals surface area contributed by atoms with Crippen molar-refractivity contribution < 1.29 is 17.9 Å². The van der Waals surface area contributed by atoms with Crippen LogP contribution in [0.5, 0.6) is 0 Å². The molecule has 0 radical (unpaired) electrons. The summed E-state index contributed by atoms with van der Waals surface area (Å²) in [5.41, 5.74) is 1.15. The molecule has 2 rings (SSSR count). The van der Waals surface area contributed by atoms with Gasteiger partial charge in [-0.2, -0.15) is 5.26 Å². The molecule has 0 spiro atoms. The zero-order valence-electron chi connectivity index (χ0n) is 12.4. The first kappa shape index (κ1) is 16.5. The highest BCUT2D eigenvalue weighted by atomic mass is 32.2. The van der Waals surface area contributed by atoms with Crippen molar-refractivity contribution in [2.24, 2.45) is 5.92 Å². The van der Waals surface area contributed by atoms with Crippen LogP contribution in [0.25, 0.3) is 0 Å². The smallest absolute Gasteiger partial charge is 0.308 e. The van der Waals surface area contributed by atoms with Gasteiger partial charge in [0.1, 0.15) is 0 Å². The van der Waals surface area contributed by atoms with Crippen LogP contribution in [-0.2, 0) is 25.3 Å². The van der Waals surface area contributed by atoms with Crippen molar-refractivity contribution in [3.8, 4) is 6.07 Å². The van der Waals surface area contributed by atoms with Crippen molar-refractivity contribution in [3.05, 3.63) is 35.4 Å². The molecule has 1 aliphatic rings. The van der Waals surface area contributed by atoms with Gasteiger partial charge in [-0.1, -0.05) is 12.1 Å². The Morgan fingerprint density at radius 2 is 1.91 bits per heavy atom. The average Bonchev–Trinajstić information content (AvgIpc) is 2.54. The standard InChI is InChI=1S/C15H18N2O4S/c1-21-15(18)14-6-8-17(9-7-14)22(19,20)11-13-4-2-12(10-16)3-5-13/h2-5,14H,6-9,11H2,1H3. The van der Waals surface area contributed by atoms with E-state index < -0.39 is 10.0 Å². The van der Waals surface area contributed by atoms with Crippen molar-refractivity contribution in [2.75, 3.05) is 20.2 Å². The summed E-state index contributed by atoms with van der Waals surface area (Å²) in [5.74, 6) is -0.586. The monoisotopic (exact) mass is 322 g/mol. The molecule has 0 saturated carbocycles. The lowest BCUT2D eigenvalue weighted by atomic mass is 9.99. The van der Waals surface area contributed by atoms with Crippen LogP contribution in [0, 0.1) is 17.2 Å². The van der Waals surface area contributed by atoms with Crippen molar-refractivity contribution >= 4 is 16.0 Å². The van der Waals surface area contributed by atoms with Gasteiger partial charge in [0.15, 0.2) is 0 Å². The summed E-state index contributed by atoms with van der Waals surface area (Å²) in [7, 11) is -2.07. The van der Waals surface area contributed by atoms with E-state index in [0.29, 0.717) is 37.1 Å². The van der Waals surface area contributed by atoms with Crippen LogP contribution < -0.4 is 0 Å².